The molecule has 1 saturated heterocycles. The number of nitrogens with two attached hydrogens (primary N) is 1. The Bertz CT molecular complexity index is 592. The van der Waals surface area contributed by atoms with Crippen molar-refractivity contribution in [2.45, 2.75) is 25.3 Å². The molecule has 0 unspecified atom stereocenters. The van der Waals surface area contributed by atoms with Crippen molar-refractivity contribution in [1.82, 2.24) is 15.3 Å². The minimum Gasteiger partial charge on any atom is -0.381 e. The number of rotatable bonds is 3. The molecule has 1 atom stereocenters. The van der Waals surface area contributed by atoms with Gasteiger partial charge in [-0.2, -0.15) is 0 Å². The Kier molecular flexibility index (Phi) is 3.69. The molecule has 3 N–H and O–H groups in total. The minimum absolute atomic E-state index is 0.502. The van der Waals surface area contributed by atoms with Crippen LogP contribution in [0.5, 0.6) is 0 Å². The number of hydrogen-bond acceptors (Lipinski definition) is 5. The standard InChI is InChI=1S/C15H21N5/c1-20(10-11-6-4-5-9-17-11)15-14(16)18-12-7-2-3-8-13(12)19-15/h2-3,7-8,11,17H,4-6,9-10H2,1H3,(H2,16,18)/t11-/m1/s1. The summed E-state index contributed by atoms with van der Waals surface area (Å²) < 4.78 is 0. The number of anilines is 2. The molecule has 0 radical (unpaired) electrons. The smallest absolute Gasteiger partial charge is 0.171 e. The van der Waals surface area contributed by atoms with Crippen molar-refractivity contribution in [2.24, 2.45) is 0 Å². The summed E-state index contributed by atoms with van der Waals surface area (Å²) in [6.45, 7) is 2.02. The third-order valence-electron chi connectivity index (χ3n) is 3.85. The summed E-state index contributed by atoms with van der Waals surface area (Å²) in [5, 5.41) is 3.55. The number of aromatic nitrogens is 2. The van der Waals surface area contributed by atoms with E-state index in [0.717, 1.165) is 29.9 Å². The average Bonchev–Trinajstić information content (AvgIpc) is 2.47. The zero-order chi connectivity index (χ0) is 13.9. The Labute approximate surface area is 119 Å². The lowest BCUT2D eigenvalue weighted by atomic mass is 10.0. The van der Waals surface area contributed by atoms with Crippen LogP contribution in [0.15, 0.2) is 24.3 Å². The number of nitrogen functional groups attached to an aromatic ring is 1. The molecule has 0 amide bonds. The van der Waals surface area contributed by atoms with E-state index < -0.39 is 0 Å². The van der Waals surface area contributed by atoms with Crippen molar-refractivity contribution in [3.8, 4) is 0 Å². The van der Waals surface area contributed by atoms with Crippen molar-refractivity contribution in [2.75, 3.05) is 30.8 Å². The highest BCUT2D eigenvalue weighted by Crippen LogP contribution is 2.22. The van der Waals surface area contributed by atoms with Gasteiger partial charge < -0.3 is 16.0 Å². The summed E-state index contributed by atoms with van der Waals surface area (Å²) in [7, 11) is 2.03. The Hall–Kier alpha value is -1.88. The number of nitrogens with one attached hydrogen (secondary N) is 1. The molecule has 2 heterocycles. The first-order valence-corrected chi connectivity index (χ1v) is 7.21. The van der Waals surface area contributed by atoms with Crippen LogP contribution in [0.3, 0.4) is 0 Å². The summed E-state index contributed by atoms with van der Waals surface area (Å²) in [6.07, 6.45) is 3.79. The molecule has 1 aromatic carbocycles. The quantitative estimate of drug-likeness (QED) is 0.891. The Morgan fingerprint density at radius 1 is 1.25 bits per heavy atom. The molecule has 0 aliphatic carbocycles. The molecular formula is C15H21N5. The van der Waals surface area contributed by atoms with Gasteiger partial charge in [-0.25, -0.2) is 9.97 Å². The third-order valence-corrected chi connectivity index (χ3v) is 3.85. The van der Waals surface area contributed by atoms with Crippen LogP contribution in [0.2, 0.25) is 0 Å². The third kappa shape index (κ3) is 2.67. The fourth-order valence-corrected chi connectivity index (χ4v) is 2.78. The molecule has 0 spiro atoms. The van der Waals surface area contributed by atoms with Gasteiger partial charge in [-0.05, 0) is 31.5 Å². The summed E-state index contributed by atoms with van der Waals surface area (Å²) in [5.74, 6) is 1.28. The highest BCUT2D eigenvalue weighted by Gasteiger charge is 2.17. The van der Waals surface area contributed by atoms with E-state index in [9.17, 15) is 0 Å². The highest BCUT2D eigenvalue weighted by atomic mass is 15.2. The number of para-hydroxylation sites is 2. The van der Waals surface area contributed by atoms with E-state index in [1.165, 1.54) is 19.3 Å². The molecule has 0 saturated carbocycles. The van der Waals surface area contributed by atoms with Gasteiger partial charge in [-0.3, -0.25) is 0 Å². The van der Waals surface area contributed by atoms with Crippen LogP contribution in [-0.4, -0.2) is 36.1 Å². The monoisotopic (exact) mass is 271 g/mol. The van der Waals surface area contributed by atoms with Gasteiger partial charge in [0, 0.05) is 19.6 Å². The van der Waals surface area contributed by atoms with E-state index in [-0.39, 0.29) is 0 Å². The topological polar surface area (TPSA) is 67.1 Å². The lowest BCUT2D eigenvalue weighted by molar-refractivity contribution is 0.403. The molecule has 5 nitrogen and oxygen atoms in total. The maximum atomic E-state index is 6.06. The van der Waals surface area contributed by atoms with Crippen molar-refractivity contribution < 1.29 is 0 Å². The van der Waals surface area contributed by atoms with Crippen LogP contribution in [0, 0.1) is 0 Å². The SMILES string of the molecule is CN(C[C@H]1CCCCN1)c1nc2ccccc2nc1N. The van der Waals surface area contributed by atoms with Crippen molar-refractivity contribution in [3.05, 3.63) is 24.3 Å². The molecule has 0 bridgehead atoms. The van der Waals surface area contributed by atoms with Gasteiger partial charge >= 0.3 is 0 Å². The van der Waals surface area contributed by atoms with Gasteiger partial charge in [0.25, 0.3) is 0 Å². The van der Waals surface area contributed by atoms with Crippen LogP contribution in [0.25, 0.3) is 11.0 Å². The summed E-state index contributed by atoms with van der Waals surface area (Å²) in [6, 6.07) is 8.34. The van der Waals surface area contributed by atoms with Crippen molar-refractivity contribution >= 4 is 22.7 Å². The molecular weight excluding hydrogens is 250 g/mol. The first kappa shape index (κ1) is 13.1. The second kappa shape index (κ2) is 5.63. The van der Waals surface area contributed by atoms with Gasteiger partial charge in [0.15, 0.2) is 11.6 Å². The largest absolute Gasteiger partial charge is 0.381 e. The Morgan fingerprint density at radius 2 is 2.00 bits per heavy atom. The number of benzene rings is 1. The first-order chi connectivity index (χ1) is 9.74. The molecule has 1 fully saturated rings. The second-order valence-corrected chi connectivity index (χ2v) is 5.45. The number of fused-ring (bicyclic) bond motifs is 1. The van der Waals surface area contributed by atoms with Crippen LogP contribution < -0.4 is 16.0 Å². The fraction of sp³-hybridized carbons (Fsp3) is 0.467. The molecule has 5 heteroatoms. The molecule has 1 aliphatic rings. The van der Waals surface area contributed by atoms with Gasteiger partial charge in [0.1, 0.15) is 0 Å². The molecule has 1 aliphatic heterocycles. The number of hydrogen-bond donors (Lipinski definition) is 2. The van der Waals surface area contributed by atoms with E-state index in [1.54, 1.807) is 0 Å². The zero-order valence-electron chi connectivity index (χ0n) is 11.8. The molecule has 3 rings (SSSR count). The van der Waals surface area contributed by atoms with E-state index in [1.807, 2.05) is 31.3 Å². The molecule has 2 aromatic rings. The lowest BCUT2D eigenvalue weighted by Gasteiger charge is -2.29. The van der Waals surface area contributed by atoms with Gasteiger partial charge in [-0.15, -0.1) is 0 Å². The molecule has 20 heavy (non-hydrogen) atoms. The molecule has 106 valence electrons. The summed E-state index contributed by atoms with van der Waals surface area (Å²) >= 11 is 0. The molecule has 1 aromatic heterocycles. The fourth-order valence-electron chi connectivity index (χ4n) is 2.78. The first-order valence-electron chi connectivity index (χ1n) is 7.21. The van der Waals surface area contributed by atoms with Crippen LogP contribution in [-0.2, 0) is 0 Å². The predicted octanol–water partition coefficient (Wildman–Crippen LogP) is 1.79. The maximum absolute atomic E-state index is 6.06. The zero-order valence-corrected chi connectivity index (χ0v) is 11.8. The van der Waals surface area contributed by atoms with E-state index in [0.29, 0.717) is 11.9 Å². The summed E-state index contributed by atoms with van der Waals surface area (Å²) in [5.41, 5.74) is 7.79. The van der Waals surface area contributed by atoms with Gasteiger partial charge in [0.2, 0.25) is 0 Å². The lowest BCUT2D eigenvalue weighted by Crippen LogP contribution is -2.42. The number of piperidine rings is 1. The van der Waals surface area contributed by atoms with Gasteiger partial charge in [0.05, 0.1) is 11.0 Å². The Balaban J connectivity index is 1.82. The van der Waals surface area contributed by atoms with Crippen LogP contribution >= 0.6 is 0 Å². The van der Waals surface area contributed by atoms with E-state index in [2.05, 4.69) is 20.2 Å². The number of nitrogens with zero attached hydrogens (tertiary/aromatic N) is 3. The second-order valence-electron chi connectivity index (χ2n) is 5.45. The summed E-state index contributed by atoms with van der Waals surface area (Å²) in [4.78, 5) is 11.2. The van der Waals surface area contributed by atoms with Gasteiger partial charge in [-0.1, -0.05) is 18.6 Å². The maximum Gasteiger partial charge on any atom is 0.171 e. The van der Waals surface area contributed by atoms with Crippen molar-refractivity contribution in [1.29, 1.82) is 0 Å². The van der Waals surface area contributed by atoms with E-state index >= 15 is 0 Å². The Morgan fingerprint density at radius 3 is 2.70 bits per heavy atom. The van der Waals surface area contributed by atoms with Crippen LogP contribution in [0.1, 0.15) is 19.3 Å². The van der Waals surface area contributed by atoms with E-state index in [4.69, 9.17) is 5.73 Å². The average molecular weight is 271 g/mol. The van der Waals surface area contributed by atoms with Crippen LogP contribution in [0.4, 0.5) is 11.6 Å². The predicted molar refractivity (Wildman–Crippen MR) is 82.9 cm³/mol. The minimum atomic E-state index is 0.502. The van der Waals surface area contributed by atoms with Crippen molar-refractivity contribution in [3.63, 3.8) is 0 Å². The normalized spacial score (nSPS) is 19.1. The highest BCUT2D eigenvalue weighted by molar-refractivity contribution is 5.79. The number of likely N-dealkylation sites (N-methyl/N-ethyl adjacent to an activating group) is 1.